The van der Waals surface area contributed by atoms with Crippen molar-refractivity contribution in [3.05, 3.63) is 0 Å². The van der Waals surface area contributed by atoms with E-state index in [9.17, 15) is 87.5 Å². The van der Waals surface area contributed by atoms with Gasteiger partial charge in [0.15, 0.2) is 11.6 Å². The van der Waals surface area contributed by atoms with Gasteiger partial charge in [0.2, 0.25) is 23.6 Å². The second-order valence-electron chi connectivity index (χ2n) is 27.6. The first-order valence-corrected chi connectivity index (χ1v) is 37.6. The summed E-state index contributed by atoms with van der Waals surface area (Å²) in [6.45, 7) is 3.38. The van der Waals surface area contributed by atoms with Crippen LogP contribution in [0.2, 0.25) is 0 Å². The normalized spacial score (nSPS) is 17.1. The van der Waals surface area contributed by atoms with Gasteiger partial charge in [-0.25, -0.2) is 0 Å². The third-order valence-corrected chi connectivity index (χ3v) is 19.2. The number of hydrogen-bond donors (Lipinski definition) is 9. The number of aliphatic carboxylic acids is 4. The van der Waals surface area contributed by atoms with Crippen LogP contribution in [-0.2, 0) is 86.3 Å². The first kappa shape index (κ1) is 90.3. The SMILES string of the molecule is CN(NOCCCCCC(=O)[C@H](CCC(=O)O)NC(=O)CC[C@@H](CC(=O)C1CCC(CNC(=O)CCCCCCCCCCOC=O)CC1)C(=O)O)OCCCCCC(=O)[C@H](CCC(=O)O)NC(=O)CC[C@@H](CC(=O)C1CCC(CNC(=O)CCCCCCCCCCOC=O)CC1)C(=O)O. The van der Waals surface area contributed by atoms with Gasteiger partial charge in [0.05, 0.1) is 50.3 Å². The molecule has 0 aromatic carbocycles. The van der Waals surface area contributed by atoms with E-state index in [1.165, 1.54) is 5.17 Å². The molecule has 4 amide bonds. The Morgan fingerprint density at radius 1 is 0.396 bits per heavy atom. The highest BCUT2D eigenvalue weighted by Gasteiger charge is 2.33. The molecule has 0 heterocycles. The number of ether oxygens (including phenoxy) is 2. The fourth-order valence-electron chi connectivity index (χ4n) is 12.9. The van der Waals surface area contributed by atoms with Crippen LogP contribution in [0.3, 0.4) is 0 Å². The van der Waals surface area contributed by atoms with Crippen LogP contribution in [0.25, 0.3) is 0 Å². The molecule has 576 valence electrons. The van der Waals surface area contributed by atoms with E-state index < -0.39 is 59.6 Å². The van der Waals surface area contributed by atoms with E-state index in [4.69, 9.17) is 19.1 Å². The van der Waals surface area contributed by atoms with E-state index in [0.717, 1.165) is 128 Å². The minimum absolute atomic E-state index is 0.0101. The first-order chi connectivity index (χ1) is 48.6. The minimum atomic E-state index is -1.21. The molecule has 4 atom stereocenters. The Labute approximate surface area is 596 Å². The smallest absolute Gasteiger partial charge is 0.306 e. The Morgan fingerprint density at radius 3 is 1.10 bits per heavy atom. The van der Waals surface area contributed by atoms with Crippen molar-refractivity contribution in [2.45, 2.75) is 295 Å². The lowest BCUT2D eigenvalue weighted by Crippen LogP contribution is -2.41. The van der Waals surface area contributed by atoms with Crippen LogP contribution >= 0.6 is 0 Å². The van der Waals surface area contributed by atoms with Crippen molar-refractivity contribution in [1.29, 1.82) is 0 Å². The second kappa shape index (κ2) is 57.7. The van der Waals surface area contributed by atoms with Crippen molar-refractivity contribution in [1.82, 2.24) is 32.0 Å². The maximum Gasteiger partial charge on any atom is 0.306 e. The summed E-state index contributed by atoms with van der Waals surface area (Å²) >= 11 is 0. The number of hydrazine groups is 1. The number of amides is 4. The molecule has 2 saturated carbocycles. The molecule has 2 rings (SSSR count). The van der Waals surface area contributed by atoms with Gasteiger partial charge in [-0.2, -0.15) is 0 Å². The maximum atomic E-state index is 13.3. The fraction of sp³-hybridized carbons (Fsp3) is 0.808. The standard InChI is InChI=1S/C73H122N6O22/c1-79(101-47-23-15-17-25-63(83)61(39-43-71(92)93)77-69(89)41-37-59(73(96)97)49-65(85)57-34-30-55(31-35-57)51-75-67(87)27-19-11-7-3-5-9-13-21-45-99-53-81)78-100-46-22-14-16-24-62(82)60(38-42-70(90)91)76-68(88)40-36-58(72(94)95)48-64(84)56-32-28-54(29-33-56)50-74-66(86)26-18-10-6-2-4-8-12-20-44-98-52-80/h52-61,78H,2-51H2,1H3,(H,74,86)(H,75,87)(H,76,88)(H,77,89)(H,90,91)(H,92,93)(H,94,95)(H,96,97)/t54?,55?,56?,57?,58-,59-,60-,61-/m0/s1. The molecule has 2 aliphatic carbocycles. The molecule has 0 aromatic rings. The Morgan fingerprint density at radius 2 is 0.733 bits per heavy atom. The number of unbranched alkanes of at least 4 members (excludes halogenated alkanes) is 18. The highest BCUT2D eigenvalue weighted by molar-refractivity contribution is 5.91. The number of carbonyl (C=O) groups is 14. The average molecular weight is 1440 g/mol. The largest absolute Gasteiger partial charge is 0.481 e. The molecule has 2 fully saturated rings. The van der Waals surface area contributed by atoms with E-state index in [-0.39, 0.29) is 149 Å². The molecular weight excluding hydrogens is 1310 g/mol. The molecule has 0 radical (unpaired) electrons. The first-order valence-electron chi connectivity index (χ1n) is 37.6. The van der Waals surface area contributed by atoms with Crippen LogP contribution in [0.4, 0.5) is 0 Å². The zero-order valence-electron chi connectivity index (χ0n) is 60.2. The van der Waals surface area contributed by atoms with Gasteiger partial charge in [0.25, 0.3) is 12.9 Å². The van der Waals surface area contributed by atoms with Crippen LogP contribution in [0.1, 0.15) is 283 Å². The lowest BCUT2D eigenvalue weighted by Gasteiger charge is -2.28. The Balaban J connectivity index is 1.61. The van der Waals surface area contributed by atoms with Crippen molar-refractivity contribution in [3.63, 3.8) is 0 Å². The molecule has 28 heteroatoms. The Kier molecular flexibility index (Phi) is 51.6. The lowest BCUT2D eigenvalue weighted by atomic mass is 9.78. The highest BCUT2D eigenvalue weighted by Crippen LogP contribution is 2.33. The summed E-state index contributed by atoms with van der Waals surface area (Å²) in [7, 11) is 1.57. The molecule has 2 aliphatic rings. The van der Waals surface area contributed by atoms with E-state index in [1.807, 2.05) is 0 Å². The van der Waals surface area contributed by atoms with Gasteiger partial charge in [0.1, 0.15) is 11.6 Å². The molecule has 0 bridgehead atoms. The number of ketones is 4. The van der Waals surface area contributed by atoms with Crippen molar-refractivity contribution in [3.8, 4) is 0 Å². The zero-order valence-corrected chi connectivity index (χ0v) is 60.2. The van der Waals surface area contributed by atoms with Gasteiger partial charge in [-0.1, -0.05) is 89.9 Å². The van der Waals surface area contributed by atoms with Crippen LogP contribution in [-0.4, -0.2) is 168 Å². The van der Waals surface area contributed by atoms with Gasteiger partial charge in [-0.15, -0.1) is 10.8 Å². The quantitative estimate of drug-likeness (QED) is 0.0155. The predicted molar refractivity (Wildman–Crippen MR) is 371 cm³/mol. The number of hydrogen-bond acceptors (Lipinski definition) is 20. The van der Waals surface area contributed by atoms with Crippen molar-refractivity contribution < 1.29 is 107 Å². The third-order valence-electron chi connectivity index (χ3n) is 19.2. The number of Topliss-reactive ketones (excluding diaryl/α,β-unsaturated/α-hetero) is 4. The number of nitrogens with zero attached hydrogens (tertiary/aromatic N) is 1. The number of carboxylic acids is 4. The van der Waals surface area contributed by atoms with Gasteiger partial charge in [-0.3, -0.25) is 76.8 Å². The van der Waals surface area contributed by atoms with Crippen LogP contribution in [0.15, 0.2) is 0 Å². The molecule has 101 heavy (non-hydrogen) atoms. The van der Waals surface area contributed by atoms with Crippen LogP contribution < -0.4 is 26.9 Å². The van der Waals surface area contributed by atoms with Gasteiger partial charge < -0.3 is 51.2 Å². The Hall–Kier alpha value is -6.78. The van der Waals surface area contributed by atoms with Crippen molar-refractivity contribution in [2.75, 3.05) is 46.6 Å². The number of rotatable bonds is 67. The predicted octanol–water partition coefficient (Wildman–Crippen LogP) is 9.34. The topological polar surface area (TPSA) is 420 Å². The highest BCUT2D eigenvalue weighted by atomic mass is 16.8. The molecule has 9 N–H and O–H groups in total. The minimum Gasteiger partial charge on any atom is -0.481 e. The lowest BCUT2D eigenvalue weighted by molar-refractivity contribution is -0.258. The summed E-state index contributed by atoms with van der Waals surface area (Å²) in [6, 6.07) is -2.20. The number of nitrogens with one attached hydrogen (secondary N) is 5. The molecule has 0 aromatic heterocycles. The summed E-state index contributed by atoms with van der Waals surface area (Å²) in [5, 5.41) is 51.1. The van der Waals surface area contributed by atoms with Crippen LogP contribution in [0, 0.1) is 35.5 Å². The molecule has 0 unspecified atom stereocenters. The molecular formula is C73H122N6O22. The van der Waals surface area contributed by atoms with Gasteiger partial charge in [0, 0.05) is 96.2 Å². The van der Waals surface area contributed by atoms with Gasteiger partial charge in [-0.05, 0) is 140 Å². The van der Waals surface area contributed by atoms with Crippen molar-refractivity contribution in [2.24, 2.45) is 35.5 Å². The average Bonchev–Trinajstić information content (AvgIpc) is 0.928. The number of hydroxylamine groups is 1. The maximum absolute atomic E-state index is 13.3. The summed E-state index contributed by atoms with van der Waals surface area (Å²) in [5.41, 5.74) is 2.62. The van der Waals surface area contributed by atoms with E-state index >= 15 is 0 Å². The molecule has 0 saturated heterocycles. The molecule has 0 aliphatic heterocycles. The van der Waals surface area contributed by atoms with E-state index in [2.05, 4.69) is 26.9 Å². The summed E-state index contributed by atoms with van der Waals surface area (Å²) in [5.74, 6) is -9.49. The second-order valence-corrected chi connectivity index (χ2v) is 27.6. The number of carboxylic acid groups (broad SMARTS) is 4. The monoisotopic (exact) mass is 1430 g/mol. The summed E-state index contributed by atoms with van der Waals surface area (Å²) in [6.07, 6.45) is 22.9. The summed E-state index contributed by atoms with van der Waals surface area (Å²) in [4.78, 5) is 183. The van der Waals surface area contributed by atoms with Gasteiger partial charge >= 0.3 is 23.9 Å². The summed E-state index contributed by atoms with van der Waals surface area (Å²) < 4.78 is 9.39. The van der Waals surface area contributed by atoms with E-state index in [0.29, 0.717) is 116 Å². The molecule has 0 spiro atoms. The fourth-order valence-corrected chi connectivity index (χ4v) is 12.9. The third kappa shape index (κ3) is 47.2. The molecule has 28 nitrogen and oxygen atoms in total. The van der Waals surface area contributed by atoms with Crippen LogP contribution in [0.5, 0.6) is 0 Å². The van der Waals surface area contributed by atoms with E-state index in [1.54, 1.807) is 7.05 Å². The Bertz CT molecular complexity index is 2450. The number of carbonyl (C=O) groups excluding carboxylic acids is 10. The zero-order chi connectivity index (χ0) is 74.3. The van der Waals surface area contributed by atoms with Crippen molar-refractivity contribution >= 4 is 83.6 Å².